The Labute approximate surface area is 172 Å². The molecule has 0 spiro atoms. The lowest BCUT2D eigenvalue weighted by molar-refractivity contribution is 0.481. The van der Waals surface area contributed by atoms with Crippen molar-refractivity contribution in [2.75, 3.05) is 6.26 Å². The summed E-state index contributed by atoms with van der Waals surface area (Å²) in [6.45, 7) is 3.52. The van der Waals surface area contributed by atoms with Crippen LogP contribution in [-0.4, -0.2) is 34.4 Å². The number of nitrogens with one attached hydrogen (secondary N) is 2. The van der Waals surface area contributed by atoms with E-state index in [1.54, 1.807) is 32.0 Å². The average Bonchev–Trinajstić information content (AvgIpc) is 3.00. The van der Waals surface area contributed by atoms with E-state index in [9.17, 15) is 16.8 Å². The van der Waals surface area contributed by atoms with Crippen LogP contribution in [0, 0.1) is 0 Å². The number of sulfonamides is 2. The Morgan fingerprint density at radius 3 is 2.38 bits per heavy atom. The van der Waals surface area contributed by atoms with Crippen LogP contribution in [0.25, 0.3) is 0 Å². The monoisotopic (exact) mass is 438 g/mol. The highest BCUT2D eigenvalue weighted by molar-refractivity contribution is 7.90. The summed E-state index contributed by atoms with van der Waals surface area (Å²) in [4.78, 5) is 0. The summed E-state index contributed by atoms with van der Waals surface area (Å²) in [5.74, 6) is 1.26. The van der Waals surface area contributed by atoms with E-state index in [0.717, 1.165) is 22.9 Å². The van der Waals surface area contributed by atoms with Gasteiger partial charge in [-0.2, -0.15) is 0 Å². The van der Waals surface area contributed by atoms with Gasteiger partial charge in [0, 0.05) is 12.6 Å². The Kier molecular flexibility index (Phi) is 6.33. The molecule has 1 unspecified atom stereocenters. The van der Waals surface area contributed by atoms with Crippen molar-refractivity contribution >= 4 is 20.0 Å². The molecule has 3 rings (SSSR count). The van der Waals surface area contributed by atoms with E-state index < -0.39 is 25.3 Å². The minimum Gasteiger partial charge on any atom is -0.457 e. The molecule has 0 aromatic heterocycles. The maximum Gasteiger partial charge on any atom is 0.214 e. The van der Waals surface area contributed by atoms with Crippen molar-refractivity contribution in [3.63, 3.8) is 0 Å². The summed E-state index contributed by atoms with van der Waals surface area (Å²) in [5, 5.41) is -0.463. The van der Waals surface area contributed by atoms with Gasteiger partial charge in [0.15, 0.2) is 0 Å². The molecule has 158 valence electrons. The zero-order valence-electron chi connectivity index (χ0n) is 16.7. The lowest BCUT2D eigenvalue weighted by Gasteiger charge is -2.14. The van der Waals surface area contributed by atoms with Crippen LogP contribution < -0.4 is 14.2 Å². The second kappa shape index (κ2) is 8.43. The first-order valence-corrected chi connectivity index (χ1v) is 12.8. The van der Waals surface area contributed by atoms with E-state index in [4.69, 9.17) is 4.74 Å². The molecule has 0 saturated carbocycles. The number of hydrogen-bond donors (Lipinski definition) is 2. The number of hydrogen-bond acceptors (Lipinski definition) is 5. The predicted octanol–water partition coefficient (Wildman–Crippen LogP) is 2.32. The predicted molar refractivity (Wildman–Crippen MR) is 113 cm³/mol. The first-order valence-electron chi connectivity index (χ1n) is 9.36. The molecule has 0 fully saturated rings. The van der Waals surface area contributed by atoms with Crippen LogP contribution in [0.2, 0.25) is 0 Å². The molecule has 9 heteroatoms. The first-order chi connectivity index (χ1) is 13.5. The van der Waals surface area contributed by atoms with Gasteiger partial charge in [-0.05, 0) is 67.6 Å². The minimum absolute atomic E-state index is 0.141. The van der Waals surface area contributed by atoms with Gasteiger partial charge in [0.05, 0.1) is 11.5 Å². The normalized spacial score (nSPS) is 16.8. The molecule has 0 saturated heterocycles. The molecular formula is C20H26N2O5S2. The van der Waals surface area contributed by atoms with Gasteiger partial charge in [0.1, 0.15) is 11.5 Å². The maximum atomic E-state index is 12.1. The zero-order chi connectivity index (χ0) is 21.2. The molecule has 0 aliphatic heterocycles. The Hall–Kier alpha value is -1.94. The Balaban J connectivity index is 1.68. The smallest absolute Gasteiger partial charge is 0.214 e. The van der Waals surface area contributed by atoms with Crippen LogP contribution in [0.4, 0.5) is 0 Å². The molecule has 0 amide bonds. The van der Waals surface area contributed by atoms with Gasteiger partial charge in [-0.3, -0.25) is 0 Å². The lowest BCUT2D eigenvalue weighted by atomic mass is 10.1. The van der Waals surface area contributed by atoms with Gasteiger partial charge >= 0.3 is 0 Å². The molecule has 7 nitrogen and oxygen atoms in total. The third-order valence-corrected chi connectivity index (χ3v) is 7.31. The zero-order valence-corrected chi connectivity index (χ0v) is 18.3. The molecule has 0 radical (unpaired) electrons. The second-order valence-corrected chi connectivity index (χ2v) is 11.7. The van der Waals surface area contributed by atoms with Crippen LogP contribution in [-0.2, 0) is 39.4 Å². The molecule has 1 aliphatic rings. The molecule has 2 N–H and O–H groups in total. The third kappa shape index (κ3) is 6.02. The van der Waals surface area contributed by atoms with Crippen molar-refractivity contribution in [3.05, 3.63) is 59.2 Å². The molecule has 29 heavy (non-hydrogen) atoms. The van der Waals surface area contributed by atoms with Gasteiger partial charge in [-0.25, -0.2) is 26.3 Å². The molecule has 1 atom stereocenters. The maximum absolute atomic E-state index is 12.1. The van der Waals surface area contributed by atoms with Gasteiger partial charge in [-0.1, -0.05) is 18.2 Å². The topological polar surface area (TPSA) is 102 Å². The van der Waals surface area contributed by atoms with E-state index in [1.165, 1.54) is 0 Å². The largest absolute Gasteiger partial charge is 0.457 e. The van der Waals surface area contributed by atoms with Crippen molar-refractivity contribution in [2.24, 2.45) is 0 Å². The minimum atomic E-state index is -3.31. The molecular weight excluding hydrogens is 412 g/mol. The molecule has 1 aliphatic carbocycles. The summed E-state index contributed by atoms with van der Waals surface area (Å²) < 4.78 is 57.9. The van der Waals surface area contributed by atoms with Crippen molar-refractivity contribution < 1.29 is 21.6 Å². The van der Waals surface area contributed by atoms with Gasteiger partial charge in [-0.15, -0.1) is 0 Å². The highest BCUT2D eigenvalue weighted by atomic mass is 32.2. The Bertz CT molecular complexity index is 1100. The fourth-order valence-electron chi connectivity index (χ4n) is 3.18. The summed E-state index contributed by atoms with van der Waals surface area (Å²) in [6, 6.07) is 12.8. The third-order valence-electron chi connectivity index (χ3n) is 4.73. The summed E-state index contributed by atoms with van der Waals surface area (Å²) in [7, 11) is -6.57. The Morgan fingerprint density at radius 1 is 1.00 bits per heavy atom. The van der Waals surface area contributed by atoms with E-state index in [0.29, 0.717) is 24.3 Å². The first kappa shape index (κ1) is 21.8. The standard InChI is InChI=1S/C20H26N2O5S2/c1-14(2)29(25,26)22-18-10-16-7-8-20(12-17(16)11-18)27-19-6-4-5-15(9-19)13-21-28(3,23)24/h4-9,12,14,18,21-22H,10-11,13H2,1-3H3. The van der Waals surface area contributed by atoms with Crippen LogP contribution in [0.3, 0.4) is 0 Å². The van der Waals surface area contributed by atoms with Crippen LogP contribution >= 0.6 is 0 Å². The highest BCUT2D eigenvalue weighted by Gasteiger charge is 2.27. The number of rotatable bonds is 8. The Morgan fingerprint density at radius 2 is 1.69 bits per heavy atom. The molecule has 2 aromatic rings. The molecule has 0 bridgehead atoms. The van der Waals surface area contributed by atoms with E-state index in [-0.39, 0.29) is 12.6 Å². The van der Waals surface area contributed by atoms with Crippen LogP contribution in [0.15, 0.2) is 42.5 Å². The summed E-state index contributed by atoms with van der Waals surface area (Å²) >= 11 is 0. The summed E-state index contributed by atoms with van der Waals surface area (Å²) in [6.07, 6.45) is 2.40. The van der Waals surface area contributed by atoms with Crippen molar-refractivity contribution in [2.45, 2.75) is 44.5 Å². The quantitative estimate of drug-likeness (QED) is 0.659. The number of ether oxygens (including phenoxy) is 1. The number of benzene rings is 2. The van der Waals surface area contributed by atoms with Gasteiger partial charge in [0.25, 0.3) is 0 Å². The van der Waals surface area contributed by atoms with Crippen molar-refractivity contribution in [1.29, 1.82) is 0 Å². The van der Waals surface area contributed by atoms with Crippen LogP contribution in [0.5, 0.6) is 11.5 Å². The highest BCUT2D eigenvalue weighted by Crippen LogP contribution is 2.30. The lowest BCUT2D eigenvalue weighted by Crippen LogP contribution is -2.39. The van der Waals surface area contributed by atoms with Crippen molar-refractivity contribution in [3.8, 4) is 11.5 Å². The van der Waals surface area contributed by atoms with Gasteiger partial charge < -0.3 is 4.74 Å². The van der Waals surface area contributed by atoms with Crippen molar-refractivity contribution in [1.82, 2.24) is 9.44 Å². The van der Waals surface area contributed by atoms with E-state index >= 15 is 0 Å². The van der Waals surface area contributed by atoms with E-state index in [2.05, 4.69) is 9.44 Å². The van der Waals surface area contributed by atoms with Crippen LogP contribution in [0.1, 0.15) is 30.5 Å². The molecule has 0 heterocycles. The summed E-state index contributed by atoms with van der Waals surface area (Å²) in [5.41, 5.74) is 2.96. The fourth-order valence-corrected chi connectivity index (χ4v) is 4.51. The fraction of sp³-hybridized carbons (Fsp3) is 0.400. The van der Waals surface area contributed by atoms with E-state index in [1.807, 2.05) is 24.3 Å². The second-order valence-electron chi connectivity index (χ2n) is 7.59. The SMILES string of the molecule is CC(C)S(=O)(=O)NC1Cc2ccc(Oc3cccc(CNS(C)(=O)=O)c3)cc2C1. The number of fused-ring (bicyclic) bond motifs is 1. The molecule has 2 aromatic carbocycles. The average molecular weight is 439 g/mol. The van der Waals surface area contributed by atoms with Gasteiger partial charge in [0.2, 0.25) is 20.0 Å².